The van der Waals surface area contributed by atoms with Gasteiger partial charge in [-0.15, -0.1) is 11.3 Å². The molecule has 1 heterocycles. The fraction of sp³-hybridized carbons (Fsp3) is 0.259. The predicted molar refractivity (Wildman–Crippen MR) is 140 cm³/mol. The van der Waals surface area contributed by atoms with Crippen molar-refractivity contribution in [1.82, 2.24) is 9.71 Å². The summed E-state index contributed by atoms with van der Waals surface area (Å²) in [5.41, 5.74) is 3.64. The van der Waals surface area contributed by atoms with Gasteiger partial charge in [0.15, 0.2) is 0 Å². The Kier molecular flexibility index (Phi) is 6.98. The van der Waals surface area contributed by atoms with E-state index >= 15 is 0 Å². The van der Waals surface area contributed by atoms with Crippen molar-refractivity contribution >= 4 is 37.5 Å². The normalized spacial score (nSPS) is 16.2. The van der Waals surface area contributed by atoms with Gasteiger partial charge >= 0.3 is 0 Å². The van der Waals surface area contributed by atoms with Crippen LogP contribution in [0.25, 0.3) is 10.2 Å². The lowest BCUT2D eigenvalue weighted by atomic mass is 9.79. The van der Waals surface area contributed by atoms with Crippen LogP contribution in [0.1, 0.15) is 44.6 Å². The van der Waals surface area contributed by atoms with E-state index in [-0.39, 0.29) is 23.9 Å². The minimum Gasteiger partial charge on any atom is -0.486 e. The Morgan fingerprint density at radius 1 is 1.19 bits per heavy atom. The first-order valence-corrected chi connectivity index (χ1v) is 14.4. The summed E-state index contributed by atoms with van der Waals surface area (Å²) in [6.07, 6.45) is 2.31. The van der Waals surface area contributed by atoms with Crippen molar-refractivity contribution in [3.05, 3.63) is 93.7 Å². The van der Waals surface area contributed by atoms with E-state index in [4.69, 9.17) is 4.74 Å². The minimum absolute atomic E-state index is 0.0740. The number of thiazole rings is 1. The average Bonchev–Trinajstić information content (AvgIpc) is 3.27. The molecule has 1 aliphatic carbocycles. The first-order valence-electron chi connectivity index (χ1n) is 11.7. The Hall–Kier alpha value is -3.34. The van der Waals surface area contributed by atoms with E-state index in [0.29, 0.717) is 23.3 Å². The Morgan fingerprint density at radius 2 is 2.03 bits per heavy atom. The predicted octanol–water partition coefficient (Wildman–Crippen LogP) is 4.54. The van der Waals surface area contributed by atoms with Crippen molar-refractivity contribution in [1.29, 1.82) is 0 Å². The molecular formula is C27H25FN2O5S2. The van der Waals surface area contributed by atoms with Crippen LogP contribution in [0.3, 0.4) is 0 Å². The van der Waals surface area contributed by atoms with Gasteiger partial charge in [-0.2, -0.15) is 0 Å². The van der Waals surface area contributed by atoms with E-state index in [2.05, 4.69) is 4.98 Å². The molecule has 192 valence electrons. The fourth-order valence-corrected chi connectivity index (χ4v) is 5.95. The van der Waals surface area contributed by atoms with Crippen LogP contribution in [0.2, 0.25) is 0 Å². The van der Waals surface area contributed by atoms with E-state index in [0.717, 1.165) is 34.4 Å². The molecule has 1 aromatic heterocycles. The van der Waals surface area contributed by atoms with E-state index in [1.807, 2.05) is 22.9 Å². The third-order valence-electron chi connectivity index (χ3n) is 6.42. The zero-order chi connectivity index (χ0) is 26.2. The summed E-state index contributed by atoms with van der Waals surface area (Å²) in [5, 5.41) is 11.9. The van der Waals surface area contributed by atoms with Gasteiger partial charge in [-0.05, 0) is 78.3 Å². The molecular weight excluding hydrogens is 515 g/mol. The van der Waals surface area contributed by atoms with E-state index in [1.165, 1.54) is 41.2 Å². The molecule has 7 nitrogen and oxygen atoms in total. The number of hydrogen-bond donors (Lipinski definition) is 2. The molecule has 37 heavy (non-hydrogen) atoms. The molecule has 0 radical (unpaired) electrons. The topological polar surface area (TPSA) is 106 Å². The largest absolute Gasteiger partial charge is 0.486 e. The highest BCUT2D eigenvalue weighted by atomic mass is 32.2. The second-order valence-electron chi connectivity index (χ2n) is 9.22. The Labute approximate surface area is 218 Å². The van der Waals surface area contributed by atoms with Gasteiger partial charge in [0, 0.05) is 11.6 Å². The van der Waals surface area contributed by atoms with Gasteiger partial charge in [0.05, 0.1) is 22.6 Å². The number of nitrogens with one attached hydrogen (secondary N) is 1. The third-order valence-corrected chi connectivity index (χ3v) is 7.98. The molecule has 4 aromatic rings. The molecule has 10 heteroatoms. The maximum Gasteiger partial charge on any atom is 0.264 e. The van der Waals surface area contributed by atoms with Crippen LogP contribution in [0.4, 0.5) is 4.39 Å². The molecule has 2 atom stereocenters. The number of hydrogen-bond acceptors (Lipinski definition) is 7. The summed E-state index contributed by atoms with van der Waals surface area (Å²) in [7, 11) is -3.69. The smallest absolute Gasteiger partial charge is 0.264 e. The lowest BCUT2D eigenvalue weighted by molar-refractivity contribution is 0.0969. The monoisotopic (exact) mass is 540 g/mol. The highest BCUT2D eigenvalue weighted by Crippen LogP contribution is 2.36. The van der Waals surface area contributed by atoms with Crippen molar-refractivity contribution in [2.24, 2.45) is 5.92 Å². The molecule has 0 aliphatic heterocycles. The number of halogens is 1. The van der Waals surface area contributed by atoms with Gasteiger partial charge in [0.2, 0.25) is 10.0 Å². The van der Waals surface area contributed by atoms with Gasteiger partial charge in [-0.1, -0.05) is 18.2 Å². The molecule has 0 bridgehead atoms. The number of fused-ring (bicyclic) bond motifs is 2. The van der Waals surface area contributed by atoms with Crippen molar-refractivity contribution in [3.8, 4) is 5.75 Å². The number of carbonyl (C=O) groups is 1. The lowest BCUT2D eigenvalue weighted by Crippen LogP contribution is -2.29. The summed E-state index contributed by atoms with van der Waals surface area (Å²) in [6, 6.07) is 16.9. The number of nitrogens with zero attached hydrogens (tertiary/aromatic N) is 1. The summed E-state index contributed by atoms with van der Waals surface area (Å²) in [4.78, 5) is 16.7. The molecule has 0 saturated heterocycles. The van der Waals surface area contributed by atoms with E-state index in [1.54, 1.807) is 18.2 Å². The Morgan fingerprint density at radius 3 is 2.84 bits per heavy atom. The van der Waals surface area contributed by atoms with Gasteiger partial charge in [0.25, 0.3) is 5.91 Å². The van der Waals surface area contributed by atoms with Gasteiger partial charge < -0.3 is 9.84 Å². The summed E-state index contributed by atoms with van der Waals surface area (Å²) >= 11 is 1.46. The number of sulfonamides is 1. The summed E-state index contributed by atoms with van der Waals surface area (Å²) in [6.45, 7) is 0.272. The maximum absolute atomic E-state index is 13.4. The van der Waals surface area contributed by atoms with Crippen LogP contribution in [0.15, 0.2) is 60.7 Å². The zero-order valence-corrected chi connectivity index (χ0v) is 21.6. The van der Waals surface area contributed by atoms with E-state index < -0.39 is 22.0 Å². The molecule has 1 aliphatic rings. The number of carbonyl (C=O) groups excluding carboxylic acids is 1. The number of amides is 1. The second-order valence-corrected chi connectivity index (χ2v) is 12.1. The Bertz CT molecular complexity index is 1580. The van der Waals surface area contributed by atoms with Crippen LogP contribution in [0, 0.1) is 11.7 Å². The number of aryl methyl sites for hydroxylation is 1. The number of rotatable bonds is 7. The SMILES string of the molecule is CS(=O)(=O)NC(=O)c1cccc(C(O)C2CCc3ccc(OCc4nc5cc(F)ccc5s4)cc3C2)c1. The maximum atomic E-state index is 13.4. The minimum atomic E-state index is -3.69. The first kappa shape index (κ1) is 25.3. The highest BCUT2D eigenvalue weighted by molar-refractivity contribution is 7.89. The van der Waals surface area contributed by atoms with Crippen LogP contribution in [0.5, 0.6) is 5.75 Å². The number of aromatic nitrogens is 1. The van der Waals surface area contributed by atoms with Crippen molar-refractivity contribution in [2.75, 3.05) is 6.26 Å². The molecule has 5 rings (SSSR count). The molecule has 2 unspecified atom stereocenters. The molecule has 0 spiro atoms. The summed E-state index contributed by atoms with van der Waals surface area (Å²) in [5.74, 6) is -0.430. The number of benzene rings is 3. The van der Waals surface area contributed by atoms with Gasteiger partial charge in [-0.3, -0.25) is 4.79 Å². The van der Waals surface area contributed by atoms with Crippen molar-refractivity contribution < 1.29 is 27.4 Å². The highest BCUT2D eigenvalue weighted by Gasteiger charge is 2.27. The van der Waals surface area contributed by atoms with Crippen LogP contribution < -0.4 is 9.46 Å². The molecule has 1 amide bonds. The van der Waals surface area contributed by atoms with Gasteiger partial charge in [0.1, 0.15) is 23.2 Å². The van der Waals surface area contributed by atoms with Crippen LogP contribution >= 0.6 is 11.3 Å². The van der Waals surface area contributed by atoms with Crippen molar-refractivity contribution in [3.63, 3.8) is 0 Å². The quantitative estimate of drug-likeness (QED) is 0.357. The van der Waals surface area contributed by atoms with Crippen LogP contribution in [-0.2, 0) is 29.5 Å². The lowest BCUT2D eigenvalue weighted by Gasteiger charge is -2.29. The Balaban J connectivity index is 1.27. The van der Waals surface area contributed by atoms with Crippen LogP contribution in [-0.4, -0.2) is 30.7 Å². The number of aliphatic hydroxyl groups excluding tert-OH is 1. The number of aliphatic hydroxyl groups is 1. The molecule has 2 N–H and O–H groups in total. The van der Waals surface area contributed by atoms with Crippen molar-refractivity contribution in [2.45, 2.75) is 32.0 Å². The van der Waals surface area contributed by atoms with E-state index in [9.17, 15) is 22.7 Å². The third kappa shape index (κ3) is 5.98. The standard InChI is InChI=1S/C27H25FN2O5S2/c1-37(33,34)30-27(32)19-4-2-3-17(11-19)26(31)18-6-5-16-7-9-22(13-20(16)12-18)35-15-25-29-23-14-21(28)8-10-24(23)36-25/h2-4,7-11,13-14,18,26,31H,5-6,12,15H2,1H3,(H,30,32). The first-order chi connectivity index (χ1) is 17.6. The zero-order valence-electron chi connectivity index (χ0n) is 20.0. The molecule has 0 saturated carbocycles. The molecule has 0 fully saturated rings. The molecule has 3 aromatic carbocycles. The fourth-order valence-electron chi connectivity index (χ4n) is 4.64. The van der Waals surface area contributed by atoms with Gasteiger partial charge in [-0.25, -0.2) is 22.5 Å². The number of ether oxygens (including phenoxy) is 1. The second kappa shape index (κ2) is 10.2. The summed E-state index contributed by atoms with van der Waals surface area (Å²) < 4.78 is 45.1. The average molecular weight is 541 g/mol.